The Morgan fingerprint density at radius 1 is 0.602 bits per heavy atom. The van der Waals surface area contributed by atoms with Gasteiger partial charge in [0.05, 0.1) is 6.42 Å². The van der Waals surface area contributed by atoms with E-state index >= 15 is 9.59 Å². The molecule has 0 saturated carbocycles. The smallest absolute Gasteiger partial charge is 0.246 e. The molecule has 7 atom stereocenters. The molecule has 93 heavy (non-hydrogen) atoms. The van der Waals surface area contributed by atoms with E-state index in [0.717, 1.165) is 24.2 Å². The first-order valence-electron chi connectivity index (χ1n) is 33.3. The van der Waals surface area contributed by atoms with Crippen molar-refractivity contribution in [3.05, 3.63) is 71.8 Å². The van der Waals surface area contributed by atoms with Crippen molar-refractivity contribution in [1.29, 1.82) is 0 Å². The second-order valence-electron chi connectivity index (χ2n) is 25.8. The molecule has 26 heteroatoms. The summed E-state index contributed by atoms with van der Waals surface area (Å²) in [6.07, 6.45) is 15.5. The second-order valence-corrected chi connectivity index (χ2v) is 25.8. The quantitative estimate of drug-likeness (QED) is 0.0258. The molecule has 1 saturated heterocycles. The minimum atomic E-state index is -1.83. The molecule has 3 rings (SSSR count). The summed E-state index contributed by atoms with van der Waals surface area (Å²) in [5.74, 6) is -7.85. The zero-order chi connectivity index (χ0) is 69.1. The topological polar surface area (TPSA) is 430 Å². The molecule has 0 spiro atoms. The van der Waals surface area contributed by atoms with Gasteiger partial charge in [-0.1, -0.05) is 158 Å². The first kappa shape index (κ1) is 78.9. The van der Waals surface area contributed by atoms with Crippen LogP contribution in [0.4, 0.5) is 0 Å². The van der Waals surface area contributed by atoms with E-state index in [4.69, 9.17) is 34.4 Å². The maximum Gasteiger partial charge on any atom is 0.246 e. The van der Waals surface area contributed by atoms with Crippen LogP contribution in [-0.2, 0) is 60.8 Å². The first-order valence-corrected chi connectivity index (χ1v) is 33.3. The number of nitrogens with zero attached hydrogens (tertiary/aromatic N) is 4. The van der Waals surface area contributed by atoms with Crippen LogP contribution in [0.15, 0.2) is 70.6 Å². The van der Waals surface area contributed by atoms with Gasteiger partial charge in [0.15, 0.2) is 11.9 Å². The molecular weight excluding hydrogens is 1190 g/mol. The summed E-state index contributed by atoms with van der Waals surface area (Å²) in [4.78, 5) is 150. The lowest BCUT2D eigenvalue weighted by atomic mass is 9.90. The minimum Gasteiger partial charge on any atom is -0.370 e. The monoisotopic (exact) mass is 1300 g/mol. The number of primary amides is 2. The number of nitrogens with one attached hydrogen (secondary N) is 6. The Kier molecular flexibility index (Phi) is 35.1. The number of carbonyl (C=O) groups excluding carboxylic acids is 10. The van der Waals surface area contributed by atoms with Gasteiger partial charge in [-0.3, -0.25) is 57.9 Å². The van der Waals surface area contributed by atoms with Crippen LogP contribution in [0, 0.1) is 5.92 Å². The molecule has 0 bridgehead atoms. The Labute approximate surface area is 550 Å². The molecule has 26 nitrogen and oxygen atoms in total. The van der Waals surface area contributed by atoms with Crippen LogP contribution in [0.25, 0.3) is 0 Å². The Bertz CT molecular complexity index is 2780. The third kappa shape index (κ3) is 29.5. The van der Waals surface area contributed by atoms with Crippen LogP contribution in [0.5, 0.6) is 0 Å². The summed E-state index contributed by atoms with van der Waals surface area (Å²) in [5.41, 5.74) is 31.3. The zero-order valence-corrected chi connectivity index (χ0v) is 56.2. The molecule has 2 aromatic rings. The highest BCUT2D eigenvalue weighted by Crippen LogP contribution is 2.24. The van der Waals surface area contributed by atoms with Gasteiger partial charge < -0.3 is 76.1 Å². The highest BCUT2D eigenvalue weighted by atomic mass is 16.2. The van der Waals surface area contributed by atoms with Gasteiger partial charge in [-0.05, 0) is 89.2 Å². The number of likely N-dealkylation sites (tertiary alicyclic amines) is 1. The van der Waals surface area contributed by atoms with Crippen molar-refractivity contribution in [1.82, 2.24) is 41.7 Å². The van der Waals surface area contributed by atoms with E-state index < -0.39 is 107 Å². The van der Waals surface area contributed by atoms with E-state index in [1.165, 1.54) is 76.7 Å². The van der Waals surface area contributed by atoms with E-state index in [-0.39, 0.29) is 101 Å². The Balaban J connectivity index is 1.91. The molecule has 1 fully saturated rings. The largest absolute Gasteiger partial charge is 0.370 e. The van der Waals surface area contributed by atoms with Crippen molar-refractivity contribution in [2.75, 3.05) is 26.7 Å². The minimum absolute atomic E-state index is 0.0240. The number of likely N-dealkylation sites (N-methyl/N-ethyl adjacent to an activating group) is 1. The van der Waals surface area contributed by atoms with E-state index in [9.17, 15) is 38.4 Å². The summed E-state index contributed by atoms with van der Waals surface area (Å²) in [7, 11) is 1.24. The summed E-state index contributed by atoms with van der Waals surface area (Å²) < 4.78 is 0. The molecule has 0 aromatic heterocycles. The number of rotatable bonds is 45. The van der Waals surface area contributed by atoms with Gasteiger partial charge in [0, 0.05) is 45.9 Å². The fourth-order valence-corrected chi connectivity index (χ4v) is 11.3. The number of nitrogens with two attached hydrogens (primary N) is 6. The number of guanidine groups is 2. The van der Waals surface area contributed by atoms with Crippen molar-refractivity contribution in [2.24, 2.45) is 50.3 Å². The van der Waals surface area contributed by atoms with Crippen LogP contribution in [0.3, 0.4) is 0 Å². The molecule has 0 radical (unpaired) electrons. The van der Waals surface area contributed by atoms with Crippen molar-refractivity contribution in [3.8, 4) is 0 Å². The summed E-state index contributed by atoms with van der Waals surface area (Å²) in [5, 5.41) is 17.1. The predicted molar refractivity (Wildman–Crippen MR) is 361 cm³/mol. The van der Waals surface area contributed by atoms with Crippen LogP contribution >= 0.6 is 0 Å². The standard InChI is InChI=1S/C67H110N16O10/c1-8-9-10-11-12-13-14-15-16-17-18-19-26-37-55(85)80-66(4,5)62(92)79-51(42-46-30-22-20-23-31-46)57(87)77-50(41-45(2)3)58(88)81-67(6,44-47-32-24-21-25-33-47)63(93)78-49(35-28-39-75-65(72)73)61(91)83-40-29-36-52(83)59(89)76-48(34-27-38-74-64(70)71)60(90)82(7)53(56(69)86)43-54(68)84/h20-25,30-33,45,48-53H,8-19,26-29,34-44H2,1-7H3,(H2,68,84)(H2,69,86)(H,76,89)(H,77,87)(H,78,93)(H,79,92)(H,80,85)(H,81,88)(H4,70,71,74)(H4,72,73,75)/t48-,49-,50-,51+,52-,53-,67-/m0/s1. The highest BCUT2D eigenvalue weighted by molar-refractivity contribution is 6.00. The average molecular weight is 1300 g/mol. The summed E-state index contributed by atoms with van der Waals surface area (Å²) >= 11 is 0. The molecule has 0 unspecified atom stereocenters. The molecular formula is C67H110N16O10. The molecule has 18 N–H and O–H groups in total. The second kappa shape index (κ2) is 41.3. The van der Waals surface area contributed by atoms with Crippen molar-refractivity contribution < 1.29 is 47.9 Å². The molecule has 2 aromatic carbocycles. The number of amides is 10. The fraction of sp³-hybridized carbons (Fsp3) is 0.642. The van der Waals surface area contributed by atoms with E-state index in [1.54, 1.807) is 68.4 Å². The molecule has 1 aliphatic rings. The highest BCUT2D eigenvalue weighted by Gasteiger charge is 2.44. The van der Waals surface area contributed by atoms with Gasteiger partial charge in [-0.15, -0.1) is 0 Å². The van der Waals surface area contributed by atoms with Gasteiger partial charge in [-0.25, -0.2) is 0 Å². The molecule has 518 valence electrons. The van der Waals surface area contributed by atoms with Gasteiger partial charge >= 0.3 is 0 Å². The predicted octanol–water partition coefficient (Wildman–Crippen LogP) is 2.99. The number of hydrogen-bond donors (Lipinski definition) is 12. The third-order valence-corrected chi connectivity index (χ3v) is 16.6. The Morgan fingerprint density at radius 2 is 1.12 bits per heavy atom. The van der Waals surface area contributed by atoms with E-state index in [0.29, 0.717) is 24.0 Å². The van der Waals surface area contributed by atoms with Crippen LogP contribution in [0.2, 0.25) is 0 Å². The number of hydrogen-bond acceptors (Lipinski definition) is 12. The zero-order valence-electron chi connectivity index (χ0n) is 56.2. The maximum atomic E-state index is 15.2. The van der Waals surface area contributed by atoms with E-state index in [1.807, 2.05) is 19.9 Å². The number of carbonyl (C=O) groups is 10. The molecule has 1 heterocycles. The Morgan fingerprint density at radius 3 is 1.63 bits per heavy atom. The lowest BCUT2D eigenvalue weighted by Crippen LogP contribution is -2.65. The number of benzene rings is 2. The van der Waals surface area contributed by atoms with E-state index in [2.05, 4.69) is 48.8 Å². The summed E-state index contributed by atoms with van der Waals surface area (Å²) in [6.45, 7) is 10.8. The normalized spacial score (nSPS) is 15.2. The SMILES string of the molecule is CCCCCCCCCCCCCCCC(=O)NC(C)(C)C(=O)N[C@H](Cc1ccccc1)C(=O)N[C@@H](CC(C)C)C(=O)N[C@@](C)(Cc1ccccc1)C(=O)N[C@@H](CCCN=C(N)N)C(=O)N1CCC[C@H]1C(=O)N[C@@H](CCCN=C(N)N)C(=O)N(C)[C@@H](CC(N)=O)C(N)=O. The van der Waals surface area contributed by atoms with Crippen molar-refractivity contribution in [3.63, 3.8) is 0 Å². The third-order valence-electron chi connectivity index (χ3n) is 16.6. The van der Waals surface area contributed by atoms with Crippen LogP contribution < -0.4 is 66.3 Å². The summed E-state index contributed by atoms with van der Waals surface area (Å²) in [6, 6.07) is 10.1. The van der Waals surface area contributed by atoms with Gasteiger partial charge in [-0.2, -0.15) is 0 Å². The van der Waals surface area contributed by atoms with Gasteiger partial charge in [0.1, 0.15) is 47.3 Å². The number of unbranched alkanes of at least 4 members (excludes halogenated alkanes) is 12. The Hall–Kier alpha value is -8.32. The maximum absolute atomic E-state index is 15.2. The van der Waals surface area contributed by atoms with Crippen LogP contribution in [0.1, 0.15) is 194 Å². The molecule has 1 aliphatic heterocycles. The lowest BCUT2D eigenvalue weighted by Gasteiger charge is -2.35. The molecule has 0 aliphatic carbocycles. The molecule has 10 amide bonds. The number of aliphatic imine (C=N–C) groups is 2. The lowest BCUT2D eigenvalue weighted by molar-refractivity contribution is -0.145. The fourth-order valence-electron chi connectivity index (χ4n) is 11.3. The van der Waals surface area contributed by atoms with Crippen molar-refractivity contribution >= 4 is 71.0 Å². The van der Waals surface area contributed by atoms with Crippen molar-refractivity contribution in [2.45, 2.75) is 243 Å². The average Bonchev–Trinajstić information content (AvgIpc) is 1.75. The first-order chi connectivity index (χ1) is 44.1. The van der Waals surface area contributed by atoms with Gasteiger partial charge in [0.2, 0.25) is 59.1 Å². The van der Waals surface area contributed by atoms with Gasteiger partial charge in [0.25, 0.3) is 0 Å². The van der Waals surface area contributed by atoms with Crippen LogP contribution in [-0.4, -0.2) is 155 Å².